The van der Waals surface area contributed by atoms with E-state index in [0.717, 1.165) is 12.8 Å². The van der Waals surface area contributed by atoms with Crippen molar-refractivity contribution in [1.29, 1.82) is 0 Å². The number of nitrogens with two attached hydrogens (primary N) is 1. The van der Waals surface area contributed by atoms with Crippen molar-refractivity contribution >= 4 is 11.6 Å². The van der Waals surface area contributed by atoms with Crippen molar-refractivity contribution in [3.8, 4) is 11.5 Å². The first-order chi connectivity index (χ1) is 6.57. The Kier molecular flexibility index (Phi) is 2.09. The van der Waals surface area contributed by atoms with Crippen LogP contribution in [0.25, 0.3) is 0 Å². The van der Waals surface area contributed by atoms with Gasteiger partial charge in [-0.15, -0.1) is 0 Å². The van der Waals surface area contributed by atoms with E-state index < -0.39 is 0 Å². The Morgan fingerprint density at radius 2 is 2.14 bits per heavy atom. The molecule has 0 atom stereocenters. The summed E-state index contributed by atoms with van der Waals surface area (Å²) < 4.78 is 4.98. The lowest BCUT2D eigenvalue weighted by molar-refractivity contribution is 0.405. The van der Waals surface area contributed by atoms with E-state index in [1.165, 1.54) is 13.2 Å². The van der Waals surface area contributed by atoms with Crippen molar-refractivity contribution < 1.29 is 9.84 Å². The molecule has 1 aliphatic rings. The number of methoxy groups -OCH3 is 1. The lowest BCUT2D eigenvalue weighted by Crippen LogP contribution is -2.18. The van der Waals surface area contributed by atoms with Crippen LogP contribution in [0.2, 0.25) is 5.02 Å². The van der Waals surface area contributed by atoms with E-state index in [2.05, 4.69) is 0 Å². The molecule has 0 heterocycles. The monoisotopic (exact) mass is 213 g/mol. The maximum atomic E-state index is 9.70. The van der Waals surface area contributed by atoms with Gasteiger partial charge in [0.05, 0.1) is 12.1 Å². The van der Waals surface area contributed by atoms with Gasteiger partial charge in [-0.3, -0.25) is 0 Å². The second-order valence-electron chi connectivity index (χ2n) is 3.66. The third kappa shape index (κ3) is 1.42. The normalized spacial score (nSPS) is 17.9. The number of rotatable bonds is 2. The topological polar surface area (TPSA) is 55.5 Å². The Morgan fingerprint density at radius 3 is 2.64 bits per heavy atom. The second kappa shape index (κ2) is 3.04. The van der Waals surface area contributed by atoms with Crippen molar-refractivity contribution in [2.24, 2.45) is 5.73 Å². The molecule has 0 aromatic heterocycles. The molecule has 0 spiro atoms. The van der Waals surface area contributed by atoms with E-state index in [0.29, 0.717) is 16.3 Å². The zero-order valence-corrected chi connectivity index (χ0v) is 8.64. The van der Waals surface area contributed by atoms with Crippen LogP contribution in [-0.2, 0) is 5.54 Å². The molecule has 0 aliphatic heterocycles. The smallest absolute Gasteiger partial charge is 0.141 e. The molecule has 0 unspecified atom stereocenters. The van der Waals surface area contributed by atoms with E-state index in [1.807, 2.05) is 0 Å². The van der Waals surface area contributed by atoms with Gasteiger partial charge in [0.2, 0.25) is 0 Å². The highest BCUT2D eigenvalue weighted by molar-refractivity contribution is 6.32. The first kappa shape index (κ1) is 9.62. The van der Waals surface area contributed by atoms with Gasteiger partial charge in [0.15, 0.2) is 0 Å². The average Bonchev–Trinajstić information content (AvgIpc) is 2.88. The van der Waals surface area contributed by atoms with Crippen LogP contribution in [0.1, 0.15) is 18.4 Å². The number of halogens is 1. The zero-order chi connectivity index (χ0) is 10.3. The minimum Gasteiger partial charge on any atom is -0.507 e. The van der Waals surface area contributed by atoms with Crippen molar-refractivity contribution in [3.63, 3.8) is 0 Å². The minimum atomic E-state index is -0.375. The quantitative estimate of drug-likeness (QED) is 0.790. The van der Waals surface area contributed by atoms with Crippen molar-refractivity contribution in [3.05, 3.63) is 22.7 Å². The highest BCUT2D eigenvalue weighted by Gasteiger charge is 2.42. The van der Waals surface area contributed by atoms with Gasteiger partial charge in [-0.1, -0.05) is 11.6 Å². The predicted molar refractivity (Wildman–Crippen MR) is 54.8 cm³/mol. The van der Waals surface area contributed by atoms with Gasteiger partial charge in [-0.05, 0) is 18.9 Å². The number of phenols is 1. The second-order valence-corrected chi connectivity index (χ2v) is 4.07. The van der Waals surface area contributed by atoms with Crippen LogP contribution < -0.4 is 10.5 Å². The minimum absolute atomic E-state index is 0.159. The number of ether oxygens (including phenoxy) is 1. The highest BCUT2D eigenvalue weighted by atomic mass is 35.5. The number of hydrogen-bond donors (Lipinski definition) is 2. The summed E-state index contributed by atoms with van der Waals surface area (Å²) in [5, 5.41) is 10.2. The molecule has 1 aromatic rings. The average molecular weight is 214 g/mol. The van der Waals surface area contributed by atoms with E-state index >= 15 is 0 Å². The molecule has 0 bridgehead atoms. The highest BCUT2D eigenvalue weighted by Crippen LogP contribution is 2.48. The lowest BCUT2D eigenvalue weighted by atomic mass is 10.0. The summed E-state index contributed by atoms with van der Waals surface area (Å²) in [6.45, 7) is 0. The molecule has 1 aromatic carbocycles. The maximum Gasteiger partial charge on any atom is 0.141 e. The van der Waals surface area contributed by atoms with Gasteiger partial charge in [-0.25, -0.2) is 0 Å². The van der Waals surface area contributed by atoms with E-state index in [4.69, 9.17) is 22.1 Å². The van der Waals surface area contributed by atoms with Crippen LogP contribution in [0.3, 0.4) is 0 Å². The Labute approximate surface area is 87.4 Å². The van der Waals surface area contributed by atoms with Gasteiger partial charge in [0.1, 0.15) is 11.5 Å². The van der Waals surface area contributed by atoms with Gasteiger partial charge >= 0.3 is 0 Å². The van der Waals surface area contributed by atoms with Gasteiger partial charge in [-0.2, -0.15) is 0 Å². The maximum absolute atomic E-state index is 9.70. The molecule has 0 amide bonds. The third-order valence-electron chi connectivity index (χ3n) is 2.60. The van der Waals surface area contributed by atoms with Gasteiger partial charge in [0.25, 0.3) is 0 Å². The molecule has 3 N–H and O–H groups in total. The van der Waals surface area contributed by atoms with Crippen molar-refractivity contribution in [2.75, 3.05) is 7.11 Å². The van der Waals surface area contributed by atoms with Crippen LogP contribution in [0.15, 0.2) is 12.1 Å². The number of hydrogen-bond acceptors (Lipinski definition) is 3. The summed E-state index contributed by atoms with van der Waals surface area (Å²) in [5.74, 6) is 0.628. The van der Waals surface area contributed by atoms with Crippen molar-refractivity contribution in [2.45, 2.75) is 18.4 Å². The van der Waals surface area contributed by atoms with Gasteiger partial charge in [0, 0.05) is 17.2 Å². The number of phenolic OH excluding ortho intramolecular Hbond substituents is 1. The van der Waals surface area contributed by atoms with Gasteiger partial charge < -0.3 is 15.6 Å². The summed E-state index contributed by atoms with van der Waals surface area (Å²) in [5.41, 5.74) is 6.31. The summed E-state index contributed by atoms with van der Waals surface area (Å²) >= 11 is 5.94. The summed E-state index contributed by atoms with van der Waals surface area (Å²) in [6.07, 6.45) is 1.78. The number of aromatic hydroxyl groups is 1. The lowest BCUT2D eigenvalue weighted by Gasteiger charge is -2.13. The van der Waals surface area contributed by atoms with Crippen LogP contribution in [-0.4, -0.2) is 12.2 Å². The molecular weight excluding hydrogens is 202 g/mol. The van der Waals surface area contributed by atoms with E-state index in [9.17, 15) is 5.11 Å². The molecule has 0 saturated heterocycles. The van der Waals surface area contributed by atoms with Crippen LogP contribution >= 0.6 is 11.6 Å². The molecule has 0 radical (unpaired) electrons. The molecule has 3 nitrogen and oxygen atoms in total. The fourth-order valence-corrected chi connectivity index (χ4v) is 1.74. The fraction of sp³-hybridized carbons (Fsp3) is 0.400. The predicted octanol–water partition coefficient (Wildman–Crippen LogP) is 2.00. The largest absolute Gasteiger partial charge is 0.507 e. The third-order valence-corrected chi connectivity index (χ3v) is 2.89. The Balaban J connectivity index is 2.48. The number of benzene rings is 1. The zero-order valence-electron chi connectivity index (χ0n) is 7.88. The molecule has 1 saturated carbocycles. The van der Waals surface area contributed by atoms with Crippen LogP contribution in [0, 0.1) is 0 Å². The fourth-order valence-electron chi connectivity index (χ4n) is 1.50. The molecule has 2 rings (SSSR count). The van der Waals surface area contributed by atoms with Crippen LogP contribution in [0.4, 0.5) is 0 Å². The summed E-state index contributed by atoms with van der Waals surface area (Å²) in [6, 6.07) is 3.19. The first-order valence-corrected chi connectivity index (χ1v) is 4.80. The first-order valence-electron chi connectivity index (χ1n) is 4.43. The molecule has 1 aliphatic carbocycles. The summed E-state index contributed by atoms with van der Waals surface area (Å²) in [4.78, 5) is 0. The molecular formula is C10H12ClNO2. The molecule has 1 fully saturated rings. The standard InChI is InChI=1S/C10H12ClNO2/c1-14-9-5-8(13)6(4-7(9)11)10(12)2-3-10/h4-5,13H,2-3,12H2,1H3. The molecule has 4 heteroatoms. The Bertz CT molecular complexity index is 375. The Hall–Kier alpha value is -0.930. The van der Waals surface area contributed by atoms with Crippen LogP contribution in [0.5, 0.6) is 11.5 Å². The molecule has 76 valence electrons. The molecule has 14 heavy (non-hydrogen) atoms. The Morgan fingerprint density at radius 1 is 1.50 bits per heavy atom. The van der Waals surface area contributed by atoms with E-state index in [1.54, 1.807) is 6.07 Å². The van der Waals surface area contributed by atoms with E-state index in [-0.39, 0.29) is 11.3 Å². The summed E-state index contributed by atoms with van der Waals surface area (Å²) in [7, 11) is 1.51. The van der Waals surface area contributed by atoms with Crippen molar-refractivity contribution in [1.82, 2.24) is 0 Å². The SMILES string of the molecule is COc1cc(O)c(C2(N)CC2)cc1Cl.